The van der Waals surface area contributed by atoms with Crippen molar-refractivity contribution in [3.63, 3.8) is 0 Å². The fraction of sp³-hybridized carbons (Fsp3) is 1.00. The Labute approximate surface area is 73.5 Å². The summed E-state index contributed by atoms with van der Waals surface area (Å²) in [6, 6.07) is 0. The Morgan fingerprint density at radius 2 is 2.08 bits per heavy atom. The monoisotopic (exact) mass is 177 g/mol. The first kappa shape index (κ1) is 11.8. The van der Waals surface area contributed by atoms with Crippen molar-refractivity contribution in [2.24, 2.45) is 0 Å². The summed E-state index contributed by atoms with van der Waals surface area (Å²) in [5, 5.41) is 20.5. The maximum atomic E-state index is 9.15. The van der Waals surface area contributed by atoms with Crippen LogP contribution >= 0.6 is 0 Å². The Morgan fingerprint density at radius 3 is 2.58 bits per heavy atom. The maximum absolute atomic E-state index is 9.15. The van der Waals surface area contributed by atoms with E-state index < -0.39 is 12.5 Å². The van der Waals surface area contributed by atoms with Crippen molar-refractivity contribution in [2.45, 2.75) is 45.6 Å². The Bertz CT molecular complexity index is 98.3. The van der Waals surface area contributed by atoms with Crippen LogP contribution in [-0.4, -0.2) is 29.5 Å². The molecule has 74 valence electrons. The highest BCUT2D eigenvalue weighted by Gasteiger charge is 2.02. The van der Waals surface area contributed by atoms with Crippen molar-refractivity contribution < 1.29 is 14.9 Å². The number of unbranched alkanes of at least 4 members (excludes halogenated alkanes) is 1. The van der Waals surface area contributed by atoms with Crippen LogP contribution in [0.25, 0.3) is 0 Å². The molecule has 0 heterocycles. The van der Waals surface area contributed by atoms with Gasteiger partial charge in [-0.15, -0.1) is 0 Å². The van der Waals surface area contributed by atoms with Gasteiger partial charge in [0.05, 0.1) is 0 Å². The molecule has 0 saturated heterocycles. The zero-order valence-electron chi connectivity index (χ0n) is 7.79. The highest BCUT2D eigenvalue weighted by molar-refractivity contribution is 4.43. The lowest BCUT2D eigenvalue weighted by atomic mass is 10.2. The van der Waals surface area contributed by atoms with E-state index >= 15 is 0 Å². The topological polar surface area (TPSA) is 61.7 Å². The lowest BCUT2D eigenvalue weighted by Gasteiger charge is -2.13. The zero-order valence-corrected chi connectivity index (χ0v) is 7.79. The van der Waals surface area contributed by atoms with Crippen LogP contribution in [0.15, 0.2) is 0 Å². The molecule has 0 spiro atoms. The quantitative estimate of drug-likeness (QED) is 0.492. The zero-order chi connectivity index (χ0) is 9.40. The predicted molar refractivity (Wildman–Crippen MR) is 46.3 cm³/mol. The molecular formula is C8H19NO3. The molecule has 0 saturated carbocycles. The number of ether oxygens (including phenoxy) is 1. The molecule has 0 rings (SSSR count). The van der Waals surface area contributed by atoms with Gasteiger partial charge in [-0.25, -0.2) is 0 Å². The van der Waals surface area contributed by atoms with Crippen LogP contribution in [-0.2, 0) is 4.74 Å². The number of aliphatic hydroxyl groups is 2. The Kier molecular flexibility index (Phi) is 7.39. The van der Waals surface area contributed by atoms with Gasteiger partial charge in [0.25, 0.3) is 0 Å². The second kappa shape index (κ2) is 7.49. The van der Waals surface area contributed by atoms with Gasteiger partial charge in [-0.2, -0.15) is 0 Å². The molecule has 4 heteroatoms. The SMILES string of the molecule is CCCCC(O)OCNC(C)O. The molecule has 0 amide bonds. The van der Waals surface area contributed by atoms with E-state index in [2.05, 4.69) is 12.2 Å². The first-order chi connectivity index (χ1) is 5.66. The van der Waals surface area contributed by atoms with E-state index in [1.807, 2.05) is 0 Å². The Hall–Kier alpha value is -0.160. The van der Waals surface area contributed by atoms with Crippen molar-refractivity contribution in [2.75, 3.05) is 6.73 Å². The molecule has 0 fully saturated rings. The van der Waals surface area contributed by atoms with E-state index in [4.69, 9.17) is 14.9 Å². The van der Waals surface area contributed by atoms with Gasteiger partial charge in [0.15, 0.2) is 6.29 Å². The third-order valence-electron chi connectivity index (χ3n) is 1.46. The maximum Gasteiger partial charge on any atom is 0.156 e. The average Bonchev–Trinajstić information content (AvgIpc) is 2.00. The van der Waals surface area contributed by atoms with E-state index in [1.54, 1.807) is 6.92 Å². The summed E-state index contributed by atoms with van der Waals surface area (Å²) < 4.78 is 4.94. The molecule has 0 aliphatic carbocycles. The van der Waals surface area contributed by atoms with E-state index in [9.17, 15) is 0 Å². The molecule has 0 radical (unpaired) electrons. The molecule has 0 bridgehead atoms. The number of hydrogen-bond donors (Lipinski definition) is 3. The van der Waals surface area contributed by atoms with Crippen LogP contribution < -0.4 is 5.32 Å². The summed E-state index contributed by atoms with van der Waals surface area (Å²) in [5.41, 5.74) is 0. The summed E-state index contributed by atoms with van der Waals surface area (Å²) in [6.45, 7) is 3.84. The lowest BCUT2D eigenvalue weighted by Crippen LogP contribution is -2.30. The van der Waals surface area contributed by atoms with Crippen LogP contribution in [0.3, 0.4) is 0 Å². The number of hydrogen-bond acceptors (Lipinski definition) is 4. The predicted octanol–water partition coefficient (Wildman–Crippen LogP) is 0.397. The van der Waals surface area contributed by atoms with Crippen molar-refractivity contribution in [1.29, 1.82) is 0 Å². The molecular weight excluding hydrogens is 158 g/mol. The third kappa shape index (κ3) is 7.94. The highest BCUT2D eigenvalue weighted by atomic mass is 16.6. The van der Waals surface area contributed by atoms with Crippen molar-refractivity contribution in [3.05, 3.63) is 0 Å². The minimum absolute atomic E-state index is 0.183. The third-order valence-corrected chi connectivity index (χ3v) is 1.46. The summed E-state index contributed by atoms with van der Waals surface area (Å²) in [6.07, 6.45) is 1.34. The van der Waals surface area contributed by atoms with Gasteiger partial charge in [-0.3, -0.25) is 5.32 Å². The van der Waals surface area contributed by atoms with Crippen LogP contribution in [0.4, 0.5) is 0 Å². The first-order valence-corrected chi connectivity index (χ1v) is 4.38. The summed E-state index contributed by atoms with van der Waals surface area (Å²) in [4.78, 5) is 0. The Balaban J connectivity index is 3.13. The number of rotatable bonds is 7. The molecule has 0 aromatic heterocycles. The second-order valence-corrected chi connectivity index (χ2v) is 2.79. The molecule has 4 nitrogen and oxygen atoms in total. The molecule has 0 aliphatic rings. The van der Waals surface area contributed by atoms with Gasteiger partial charge in [-0.1, -0.05) is 13.3 Å². The van der Waals surface area contributed by atoms with Gasteiger partial charge in [0.2, 0.25) is 0 Å². The summed E-state index contributed by atoms with van der Waals surface area (Å²) in [5.74, 6) is 0. The van der Waals surface area contributed by atoms with Gasteiger partial charge >= 0.3 is 0 Å². The molecule has 2 unspecified atom stereocenters. The minimum Gasteiger partial charge on any atom is -0.379 e. The molecule has 0 aromatic carbocycles. The standard InChI is InChI=1S/C8H19NO3/c1-3-4-5-8(11)12-6-9-7(2)10/h7-11H,3-6H2,1-2H3. The fourth-order valence-electron chi connectivity index (χ4n) is 0.727. The van der Waals surface area contributed by atoms with E-state index in [-0.39, 0.29) is 6.73 Å². The smallest absolute Gasteiger partial charge is 0.156 e. The van der Waals surface area contributed by atoms with Crippen molar-refractivity contribution in [1.82, 2.24) is 5.32 Å². The van der Waals surface area contributed by atoms with Crippen molar-refractivity contribution >= 4 is 0 Å². The lowest BCUT2D eigenvalue weighted by molar-refractivity contribution is -0.116. The van der Waals surface area contributed by atoms with Gasteiger partial charge < -0.3 is 14.9 Å². The van der Waals surface area contributed by atoms with E-state index in [1.165, 1.54) is 0 Å². The Morgan fingerprint density at radius 1 is 1.42 bits per heavy atom. The molecule has 0 aliphatic heterocycles. The average molecular weight is 177 g/mol. The summed E-state index contributed by atoms with van der Waals surface area (Å²) >= 11 is 0. The van der Waals surface area contributed by atoms with Crippen LogP contribution in [0.2, 0.25) is 0 Å². The minimum atomic E-state index is -0.712. The fourth-order valence-corrected chi connectivity index (χ4v) is 0.727. The van der Waals surface area contributed by atoms with Crippen LogP contribution in [0.5, 0.6) is 0 Å². The highest BCUT2D eigenvalue weighted by Crippen LogP contribution is 2.00. The van der Waals surface area contributed by atoms with Crippen LogP contribution in [0.1, 0.15) is 33.1 Å². The molecule has 2 atom stereocenters. The van der Waals surface area contributed by atoms with E-state index in [0.29, 0.717) is 6.42 Å². The van der Waals surface area contributed by atoms with E-state index in [0.717, 1.165) is 12.8 Å². The summed E-state index contributed by atoms with van der Waals surface area (Å²) in [7, 11) is 0. The van der Waals surface area contributed by atoms with Gasteiger partial charge in [0.1, 0.15) is 13.0 Å². The number of aliphatic hydroxyl groups excluding tert-OH is 2. The second-order valence-electron chi connectivity index (χ2n) is 2.79. The van der Waals surface area contributed by atoms with Crippen LogP contribution in [0, 0.1) is 0 Å². The molecule has 12 heavy (non-hydrogen) atoms. The molecule has 0 aromatic rings. The van der Waals surface area contributed by atoms with Crippen molar-refractivity contribution in [3.8, 4) is 0 Å². The van der Waals surface area contributed by atoms with Gasteiger partial charge in [-0.05, 0) is 19.8 Å². The number of nitrogens with one attached hydrogen (secondary N) is 1. The largest absolute Gasteiger partial charge is 0.379 e. The molecule has 3 N–H and O–H groups in total. The van der Waals surface area contributed by atoms with Gasteiger partial charge in [0, 0.05) is 0 Å². The normalized spacial score (nSPS) is 16.0. The first-order valence-electron chi connectivity index (χ1n) is 4.38.